The number of anilines is 4. The summed E-state index contributed by atoms with van der Waals surface area (Å²) in [5.41, 5.74) is 13.6. The Kier molecular flexibility index (Phi) is 13.8. The van der Waals surface area contributed by atoms with Crippen molar-refractivity contribution in [2.75, 3.05) is 30.4 Å². The second-order valence-corrected chi connectivity index (χ2v) is 14.9. The van der Waals surface area contributed by atoms with Gasteiger partial charge in [-0.1, -0.05) is 177 Å². The minimum atomic E-state index is 0.173. The third-order valence-corrected chi connectivity index (χ3v) is 11.1. The Balaban J connectivity index is 0.000000441. The van der Waals surface area contributed by atoms with Crippen LogP contribution >= 0.6 is 0 Å². The number of likely N-dealkylation sites (N-methyl/N-ethyl adjacent to an activating group) is 1. The fraction of sp³-hybridized carbons (Fsp3) is 0.123. The molecule has 1 aliphatic carbocycles. The van der Waals surface area contributed by atoms with Crippen LogP contribution in [0, 0.1) is 0 Å². The predicted molar refractivity (Wildman–Crippen MR) is 262 cm³/mol. The van der Waals surface area contributed by atoms with Gasteiger partial charge < -0.3 is 15.1 Å². The highest BCUT2D eigenvalue weighted by Gasteiger charge is 2.38. The molecule has 1 heterocycles. The third kappa shape index (κ3) is 9.50. The number of nitrogens with zero attached hydrogens (tertiary/aromatic N) is 2. The van der Waals surface area contributed by atoms with E-state index in [1.807, 2.05) is 39.1 Å². The van der Waals surface area contributed by atoms with Crippen molar-refractivity contribution in [2.45, 2.75) is 25.8 Å². The van der Waals surface area contributed by atoms with Gasteiger partial charge in [0.05, 0.1) is 6.04 Å². The average molecular weight is 782 g/mol. The first kappa shape index (κ1) is 41.2. The molecule has 0 aromatic heterocycles. The number of hydrogen-bond donors (Lipinski definition) is 1. The number of nitrogens with one attached hydrogen (secondary N) is 1. The van der Waals surface area contributed by atoms with Crippen molar-refractivity contribution < 1.29 is 0 Å². The zero-order chi connectivity index (χ0) is 41.7. The van der Waals surface area contributed by atoms with E-state index in [-0.39, 0.29) is 12.0 Å². The van der Waals surface area contributed by atoms with E-state index < -0.39 is 0 Å². The van der Waals surface area contributed by atoms with E-state index in [0.29, 0.717) is 0 Å². The summed E-state index contributed by atoms with van der Waals surface area (Å²) < 4.78 is 0. The molecule has 1 aliphatic heterocycles. The molecule has 2 atom stereocenters. The van der Waals surface area contributed by atoms with Crippen molar-refractivity contribution in [3.8, 4) is 22.3 Å². The highest BCUT2D eigenvalue weighted by atomic mass is 15.2. The van der Waals surface area contributed by atoms with E-state index >= 15 is 0 Å². The molecule has 0 spiro atoms. The lowest BCUT2D eigenvalue weighted by molar-refractivity contribution is 0.747. The fourth-order valence-electron chi connectivity index (χ4n) is 7.94. The van der Waals surface area contributed by atoms with Gasteiger partial charge >= 0.3 is 0 Å². The van der Waals surface area contributed by atoms with E-state index in [1.165, 1.54) is 72.5 Å². The van der Waals surface area contributed by atoms with Gasteiger partial charge in [-0.25, -0.2) is 0 Å². The van der Waals surface area contributed by atoms with E-state index in [2.05, 4.69) is 223 Å². The Morgan fingerprint density at radius 1 is 0.617 bits per heavy atom. The Labute approximate surface area is 357 Å². The second-order valence-electron chi connectivity index (χ2n) is 14.9. The van der Waals surface area contributed by atoms with Crippen LogP contribution in [0.3, 0.4) is 0 Å². The van der Waals surface area contributed by atoms with Gasteiger partial charge in [-0.2, -0.15) is 0 Å². The van der Waals surface area contributed by atoms with Crippen molar-refractivity contribution in [2.24, 2.45) is 0 Å². The fourth-order valence-corrected chi connectivity index (χ4v) is 7.94. The van der Waals surface area contributed by atoms with Gasteiger partial charge in [-0.05, 0) is 119 Å². The van der Waals surface area contributed by atoms with Crippen molar-refractivity contribution in [3.63, 3.8) is 0 Å². The molecule has 2 aliphatic rings. The van der Waals surface area contributed by atoms with Crippen molar-refractivity contribution in [3.05, 3.63) is 236 Å². The highest BCUT2D eigenvalue weighted by Crippen LogP contribution is 2.50. The van der Waals surface area contributed by atoms with Crippen LogP contribution in [-0.4, -0.2) is 26.7 Å². The Morgan fingerprint density at radius 2 is 1.20 bits per heavy atom. The van der Waals surface area contributed by atoms with Gasteiger partial charge in [0.2, 0.25) is 0 Å². The van der Waals surface area contributed by atoms with Crippen LogP contribution in [0.1, 0.15) is 30.9 Å². The monoisotopic (exact) mass is 781 g/mol. The van der Waals surface area contributed by atoms with E-state index in [0.717, 1.165) is 6.54 Å². The Hall–Kier alpha value is -6.94. The molecule has 9 rings (SSSR count). The number of rotatable bonds is 9. The maximum atomic E-state index is 3.46. The first-order chi connectivity index (χ1) is 29.5. The summed E-state index contributed by atoms with van der Waals surface area (Å²) in [6.07, 6.45) is 16.9. The summed E-state index contributed by atoms with van der Waals surface area (Å²) in [6, 6.07) is 61.8. The summed E-state index contributed by atoms with van der Waals surface area (Å²) >= 11 is 0. The normalized spacial score (nSPS) is 15.1. The summed E-state index contributed by atoms with van der Waals surface area (Å²) in [4.78, 5) is 4.78. The van der Waals surface area contributed by atoms with Gasteiger partial charge in [0, 0.05) is 42.3 Å². The predicted octanol–water partition coefficient (Wildman–Crippen LogP) is 14.7. The van der Waals surface area contributed by atoms with Crippen LogP contribution in [0.4, 0.5) is 22.7 Å². The standard InChI is InChI=1S/C47H36N2.C5H11N.C5H8/c1-48(41-16-6-3-7-17-41)42-26-23-35(24-27-42)34-19-21-36(22-20-34)40-25-28-44-45-30-38-13-8-9-14-39(38)31-47(45)49(46(44)32-40)43-18-10-15-37(29-43)33-11-4-2-5-12-33;1-3-4-5-6-2;1-3-5-4-2/h2-32,44,46H,1H3;3-4,6H,5H2,1-2H3;3-5H,1H2,2H3/b;4-3-;5-4-. The molecule has 298 valence electrons. The molecule has 0 fully saturated rings. The summed E-state index contributed by atoms with van der Waals surface area (Å²) in [5, 5.41) is 5.54. The molecular weight excluding hydrogens is 727 g/mol. The van der Waals surface area contributed by atoms with Gasteiger partial charge in [-0.15, -0.1) is 0 Å². The minimum Gasteiger partial charge on any atom is -0.345 e. The zero-order valence-electron chi connectivity index (χ0n) is 35.2. The quantitative estimate of drug-likeness (QED) is 0.116. The van der Waals surface area contributed by atoms with Crippen molar-refractivity contribution in [1.29, 1.82) is 0 Å². The van der Waals surface area contributed by atoms with Crippen LogP contribution in [0.15, 0.2) is 225 Å². The Morgan fingerprint density at radius 3 is 1.82 bits per heavy atom. The van der Waals surface area contributed by atoms with Crippen LogP contribution in [0.25, 0.3) is 38.6 Å². The molecule has 60 heavy (non-hydrogen) atoms. The van der Waals surface area contributed by atoms with Crippen LogP contribution < -0.4 is 15.1 Å². The average Bonchev–Trinajstić information content (AvgIpc) is 3.63. The molecule has 0 bridgehead atoms. The van der Waals surface area contributed by atoms with Gasteiger partial charge in [0.15, 0.2) is 0 Å². The molecule has 0 radical (unpaired) electrons. The highest BCUT2D eigenvalue weighted by molar-refractivity contribution is 5.93. The number of para-hydroxylation sites is 1. The molecule has 0 amide bonds. The number of hydrogen-bond acceptors (Lipinski definition) is 3. The number of benzene rings is 7. The lowest BCUT2D eigenvalue weighted by atomic mass is 9.86. The lowest BCUT2D eigenvalue weighted by Gasteiger charge is -2.30. The largest absolute Gasteiger partial charge is 0.345 e. The molecule has 0 saturated carbocycles. The van der Waals surface area contributed by atoms with Crippen molar-refractivity contribution in [1.82, 2.24) is 5.32 Å². The van der Waals surface area contributed by atoms with Crippen molar-refractivity contribution >= 4 is 39.1 Å². The van der Waals surface area contributed by atoms with Crippen LogP contribution in [0.2, 0.25) is 0 Å². The molecule has 1 N–H and O–H groups in total. The summed E-state index contributed by atoms with van der Waals surface area (Å²) in [5.74, 6) is 0.274. The summed E-state index contributed by atoms with van der Waals surface area (Å²) in [7, 11) is 4.04. The molecule has 3 heteroatoms. The van der Waals surface area contributed by atoms with E-state index in [4.69, 9.17) is 0 Å². The smallest absolute Gasteiger partial charge is 0.0635 e. The van der Waals surface area contributed by atoms with Gasteiger partial charge in [0.25, 0.3) is 0 Å². The first-order valence-corrected chi connectivity index (χ1v) is 20.9. The van der Waals surface area contributed by atoms with Crippen LogP contribution in [-0.2, 0) is 0 Å². The number of allylic oxidation sites excluding steroid dienone is 6. The molecule has 0 saturated heterocycles. The summed E-state index contributed by atoms with van der Waals surface area (Å²) in [6.45, 7) is 8.42. The van der Waals surface area contributed by atoms with Crippen LogP contribution in [0.5, 0.6) is 0 Å². The maximum Gasteiger partial charge on any atom is 0.0635 e. The van der Waals surface area contributed by atoms with Gasteiger partial charge in [0.1, 0.15) is 0 Å². The minimum absolute atomic E-state index is 0.173. The van der Waals surface area contributed by atoms with Gasteiger partial charge in [-0.3, -0.25) is 0 Å². The molecule has 2 unspecified atom stereocenters. The first-order valence-electron chi connectivity index (χ1n) is 20.9. The van der Waals surface area contributed by atoms with E-state index in [1.54, 1.807) is 6.08 Å². The SMILES string of the molecule is C/C=C\CNC.C=C/C=C\C.CN(c1ccccc1)c1ccc(-c2ccc(C3=CC4C(C=C3)c3cc5ccccc5cc3N4c3cccc(-c4ccccc4)c3)cc2)cc1. The topological polar surface area (TPSA) is 18.5 Å². The molecule has 7 aromatic rings. The third-order valence-electron chi connectivity index (χ3n) is 11.1. The maximum absolute atomic E-state index is 3.46. The molecule has 7 aromatic carbocycles. The van der Waals surface area contributed by atoms with E-state index in [9.17, 15) is 0 Å². The lowest BCUT2D eigenvalue weighted by Crippen LogP contribution is -2.29. The number of fused-ring (bicyclic) bond motifs is 4. The molecular formula is C57H55N3. The second kappa shape index (κ2) is 20.2. The molecule has 3 nitrogen and oxygen atoms in total. The zero-order valence-corrected chi connectivity index (χ0v) is 35.2. The Bertz CT molecular complexity index is 2600.